The van der Waals surface area contributed by atoms with Gasteiger partial charge in [0.05, 0.1) is 18.2 Å². The van der Waals surface area contributed by atoms with Crippen LogP contribution in [0.25, 0.3) is 0 Å². The lowest BCUT2D eigenvalue weighted by Gasteiger charge is -2.20. The summed E-state index contributed by atoms with van der Waals surface area (Å²) in [5, 5.41) is 1.65. The number of allylic oxidation sites excluding steroid dienone is 1. The highest BCUT2D eigenvalue weighted by Crippen LogP contribution is 2.17. The molecule has 0 aromatic rings. The smallest absolute Gasteiger partial charge is 0.336 e. The molecule has 1 saturated heterocycles. The summed E-state index contributed by atoms with van der Waals surface area (Å²) >= 11 is 0. The average molecular weight is 255 g/mol. The van der Waals surface area contributed by atoms with Gasteiger partial charge in [-0.05, 0) is 33.6 Å². The van der Waals surface area contributed by atoms with E-state index in [4.69, 9.17) is 9.57 Å². The Hall–Kier alpha value is -1.20. The van der Waals surface area contributed by atoms with Crippen molar-refractivity contribution in [2.75, 3.05) is 19.8 Å². The summed E-state index contributed by atoms with van der Waals surface area (Å²) in [6.07, 6.45) is 2.64. The van der Waals surface area contributed by atoms with Crippen LogP contribution in [0.1, 0.15) is 33.6 Å². The molecule has 1 rings (SSSR count). The largest absolute Gasteiger partial charge is 0.463 e. The zero-order valence-corrected chi connectivity index (χ0v) is 11.3. The fourth-order valence-corrected chi connectivity index (χ4v) is 1.84. The van der Waals surface area contributed by atoms with E-state index in [1.165, 1.54) is 0 Å². The molecule has 0 saturated carbocycles. The molecule has 102 valence electrons. The molecule has 1 aliphatic rings. The number of hydroxylamine groups is 2. The molecule has 1 aliphatic heterocycles. The molecular weight excluding hydrogens is 234 g/mol. The molecule has 1 fully saturated rings. The fraction of sp³-hybridized carbons (Fsp3) is 0.692. The van der Waals surface area contributed by atoms with Crippen molar-refractivity contribution < 1.29 is 19.2 Å². The summed E-state index contributed by atoms with van der Waals surface area (Å²) in [5.41, 5.74) is 1.39. The number of esters is 1. The predicted molar refractivity (Wildman–Crippen MR) is 66.8 cm³/mol. The first kappa shape index (κ1) is 14.9. The SMILES string of the molecule is CCOC(=O)C(CON1CCC[C@H]1C=O)=C(C)C. The summed E-state index contributed by atoms with van der Waals surface area (Å²) in [6, 6.07) is -0.189. The Labute approximate surface area is 108 Å². The number of carbonyl (C=O) groups is 2. The molecule has 18 heavy (non-hydrogen) atoms. The second kappa shape index (κ2) is 7.28. The molecule has 5 heteroatoms. The van der Waals surface area contributed by atoms with Crippen LogP contribution in [0.3, 0.4) is 0 Å². The Balaban J connectivity index is 2.56. The Bertz CT molecular complexity index is 334. The van der Waals surface area contributed by atoms with Gasteiger partial charge in [0.25, 0.3) is 0 Å². The van der Waals surface area contributed by atoms with Crippen LogP contribution in [0, 0.1) is 0 Å². The van der Waals surface area contributed by atoms with Crippen molar-refractivity contribution in [3.63, 3.8) is 0 Å². The van der Waals surface area contributed by atoms with E-state index in [0.717, 1.165) is 31.2 Å². The quantitative estimate of drug-likeness (QED) is 0.409. The summed E-state index contributed by atoms with van der Waals surface area (Å²) in [6.45, 7) is 6.68. The monoisotopic (exact) mass is 255 g/mol. The number of carbonyl (C=O) groups excluding carboxylic acids is 2. The van der Waals surface area contributed by atoms with Crippen LogP contribution in [0.15, 0.2) is 11.1 Å². The maximum atomic E-state index is 11.7. The van der Waals surface area contributed by atoms with Crippen LogP contribution in [0.5, 0.6) is 0 Å². The van der Waals surface area contributed by atoms with E-state index in [-0.39, 0.29) is 18.6 Å². The normalized spacial score (nSPS) is 19.6. The van der Waals surface area contributed by atoms with E-state index < -0.39 is 0 Å². The molecule has 0 aliphatic carbocycles. The first-order chi connectivity index (χ1) is 8.60. The Morgan fingerprint density at radius 1 is 1.44 bits per heavy atom. The Morgan fingerprint density at radius 2 is 2.17 bits per heavy atom. The molecule has 1 heterocycles. The standard InChI is InChI=1S/C13H21NO4/c1-4-17-13(16)12(10(2)3)9-18-14-7-5-6-11(14)8-15/h8,11H,4-7,9H2,1-3H3/t11-/m0/s1. The van der Waals surface area contributed by atoms with E-state index in [0.29, 0.717) is 12.2 Å². The van der Waals surface area contributed by atoms with Crippen LogP contribution in [0.4, 0.5) is 0 Å². The van der Waals surface area contributed by atoms with Gasteiger partial charge in [0, 0.05) is 6.54 Å². The third-order valence-electron chi connectivity index (χ3n) is 2.91. The highest BCUT2D eigenvalue weighted by Gasteiger charge is 2.26. The third-order valence-corrected chi connectivity index (χ3v) is 2.91. The van der Waals surface area contributed by atoms with E-state index in [2.05, 4.69) is 0 Å². The van der Waals surface area contributed by atoms with Gasteiger partial charge in [0.1, 0.15) is 12.9 Å². The molecule has 5 nitrogen and oxygen atoms in total. The lowest BCUT2D eigenvalue weighted by Crippen LogP contribution is -2.32. The zero-order valence-electron chi connectivity index (χ0n) is 11.3. The van der Waals surface area contributed by atoms with E-state index in [1.54, 1.807) is 12.0 Å². The summed E-state index contributed by atoms with van der Waals surface area (Å²) in [7, 11) is 0. The molecule has 0 amide bonds. The molecule has 0 bridgehead atoms. The van der Waals surface area contributed by atoms with E-state index in [9.17, 15) is 9.59 Å². The number of rotatable bonds is 6. The maximum absolute atomic E-state index is 11.7. The van der Waals surface area contributed by atoms with Crippen LogP contribution in [-0.4, -0.2) is 43.1 Å². The molecule has 1 atom stereocenters. The van der Waals surface area contributed by atoms with Gasteiger partial charge in [-0.3, -0.25) is 4.84 Å². The molecule has 0 aromatic carbocycles. The third kappa shape index (κ3) is 3.92. The van der Waals surface area contributed by atoms with E-state index in [1.807, 2.05) is 13.8 Å². The number of ether oxygens (including phenoxy) is 1. The minimum Gasteiger partial charge on any atom is -0.463 e. The van der Waals surface area contributed by atoms with Gasteiger partial charge in [-0.2, -0.15) is 5.06 Å². The van der Waals surface area contributed by atoms with Gasteiger partial charge >= 0.3 is 5.97 Å². The van der Waals surface area contributed by atoms with Gasteiger partial charge in [-0.25, -0.2) is 4.79 Å². The zero-order chi connectivity index (χ0) is 13.5. The molecule has 0 aromatic heterocycles. The van der Waals surface area contributed by atoms with Crippen LogP contribution in [-0.2, 0) is 19.2 Å². The predicted octanol–water partition coefficient (Wildman–Crippen LogP) is 1.48. The maximum Gasteiger partial charge on any atom is 0.336 e. The summed E-state index contributed by atoms with van der Waals surface area (Å²) in [4.78, 5) is 28.0. The lowest BCUT2D eigenvalue weighted by molar-refractivity contribution is -0.166. The first-order valence-corrected chi connectivity index (χ1v) is 6.28. The second-order valence-electron chi connectivity index (χ2n) is 4.46. The minimum absolute atomic E-state index is 0.158. The number of hydrogen-bond acceptors (Lipinski definition) is 5. The van der Waals surface area contributed by atoms with Crippen molar-refractivity contribution >= 4 is 12.3 Å². The minimum atomic E-state index is -0.348. The molecule has 0 N–H and O–H groups in total. The van der Waals surface area contributed by atoms with Crippen molar-refractivity contribution in [3.05, 3.63) is 11.1 Å². The van der Waals surface area contributed by atoms with Crippen LogP contribution < -0.4 is 0 Å². The summed E-state index contributed by atoms with van der Waals surface area (Å²) < 4.78 is 4.97. The van der Waals surface area contributed by atoms with Crippen molar-refractivity contribution in [2.45, 2.75) is 39.7 Å². The Kier molecular flexibility index (Phi) is 6.01. The van der Waals surface area contributed by atoms with Gasteiger partial charge in [0.15, 0.2) is 0 Å². The second-order valence-corrected chi connectivity index (χ2v) is 4.46. The number of hydrogen-bond donors (Lipinski definition) is 0. The Morgan fingerprint density at radius 3 is 2.72 bits per heavy atom. The first-order valence-electron chi connectivity index (χ1n) is 6.28. The molecule has 0 unspecified atom stereocenters. The van der Waals surface area contributed by atoms with Gasteiger partial charge in [-0.15, -0.1) is 0 Å². The lowest BCUT2D eigenvalue weighted by atomic mass is 10.1. The van der Waals surface area contributed by atoms with Crippen LogP contribution in [0.2, 0.25) is 0 Å². The van der Waals surface area contributed by atoms with Gasteiger partial charge < -0.3 is 9.53 Å². The van der Waals surface area contributed by atoms with Gasteiger partial charge in [0.2, 0.25) is 0 Å². The van der Waals surface area contributed by atoms with Crippen LogP contribution >= 0.6 is 0 Å². The summed E-state index contributed by atoms with van der Waals surface area (Å²) in [5.74, 6) is -0.348. The number of nitrogens with zero attached hydrogens (tertiary/aromatic N) is 1. The van der Waals surface area contributed by atoms with Gasteiger partial charge in [-0.1, -0.05) is 5.57 Å². The number of aldehydes is 1. The van der Waals surface area contributed by atoms with E-state index >= 15 is 0 Å². The molecule has 0 radical (unpaired) electrons. The van der Waals surface area contributed by atoms with Crippen molar-refractivity contribution in [3.8, 4) is 0 Å². The highest BCUT2D eigenvalue weighted by atomic mass is 16.7. The van der Waals surface area contributed by atoms with Crippen molar-refractivity contribution in [1.82, 2.24) is 5.06 Å². The molecular formula is C13H21NO4. The van der Waals surface area contributed by atoms with Crippen molar-refractivity contribution in [1.29, 1.82) is 0 Å². The van der Waals surface area contributed by atoms with Crippen molar-refractivity contribution in [2.24, 2.45) is 0 Å². The molecule has 0 spiro atoms. The average Bonchev–Trinajstić information content (AvgIpc) is 2.76. The topological polar surface area (TPSA) is 55.8 Å². The fourth-order valence-electron chi connectivity index (χ4n) is 1.84. The highest BCUT2D eigenvalue weighted by molar-refractivity contribution is 5.89.